The summed E-state index contributed by atoms with van der Waals surface area (Å²) in [5.74, 6) is 3.37. The SMILES string of the molecule is c1ccc(C2=NC(c3ccccc3)NC(c3ccc(-c4ccc5c(sc6ccccc65)c4-c4nc(-c5ccccc5)nc(-c5ccccc5)n4)cc3)=N2)cc1. The zero-order chi connectivity index (χ0) is 36.6. The van der Waals surface area contributed by atoms with Gasteiger partial charge in [-0.25, -0.2) is 24.9 Å². The third-order valence-electron chi connectivity index (χ3n) is 9.83. The van der Waals surface area contributed by atoms with Crippen LogP contribution in [0.3, 0.4) is 0 Å². The van der Waals surface area contributed by atoms with E-state index in [4.69, 9.17) is 24.9 Å². The lowest BCUT2D eigenvalue weighted by Gasteiger charge is -2.23. The van der Waals surface area contributed by atoms with Crippen molar-refractivity contribution < 1.29 is 0 Å². The second-order valence-corrected chi connectivity index (χ2v) is 14.4. The number of benzene rings is 7. The molecule has 7 heteroatoms. The Morgan fingerprint density at radius 2 is 0.982 bits per heavy atom. The van der Waals surface area contributed by atoms with Crippen LogP contribution in [-0.4, -0.2) is 26.6 Å². The van der Waals surface area contributed by atoms with Gasteiger partial charge >= 0.3 is 0 Å². The lowest BCUT2D eigenvalue weighted by Crippen LogP contribution is -2.33. The van der Waals surface area contributed by atoms with Crippen molar-refractivity contribution >= 4 is 43.2 Å². The van der Waals surface area contributed by atoms with Crippen molar-refractivity contribution in [1.82, 2.24) is 20.3 Å². The number of aliphatic imine (C=N–C) groups is 2. The standard InChI is InChI=1S/C48H32N6S/c1-5-15-32(16-6-1)43-49-44(33-17-7-2-8-18-33)51-47(50-43)36-27-25-31(26-28-36)37-29-30-39-38-23-13-14-24-40(38)55-42(39)41(37)48-53-45(34-19-9-3-10-20-34)52-46(54-48)35-21-11-4-12-22-35/h1-30,43H,(H,49,50,51). The molecule has 55 heavy (non-hydrogen) atoms. The van der Waals surface area contributed by atoms with Crippen LogP contribution in [0.4, 0.5) is 0 Å². The molecule has 9 aromatic rings. The number of nitrogens with zero attached hydrogens (tertiary/aromatic N) is 5. The molecule has 1 atom stereocenters. The highest BCUT2D eigenvalue weighted by Crippen LogP contribution is 2.44. The molecule has 0 aliphatic carbocycles. The van der Waals surface area contributed by atoms with Crippen molar-refractivity contribution in [3.8, 4) is 45.3 Å². The molecule has 7 aromatic carbocycles. The minimum atomic E-state index is -0.271. The van der Waals surface area contributed by atoms with E-state index < -0.39 is 0 Å². The van der Waals surface area contributed by atoms with Gasteiger partial charge in [0.1, 0.15) is 12.0 Å². The monoisotopic (exact) mass is 724 g/mol. The maximum Gasteiger partial charge on any atom is 0.166 e. The molecule has 0 saturated carbocycles. The van der Waals surface area contributed by atoms with Gasteiger partial charge < -0.3 is 5.32 Å². The zero-order valence-corrected chi connectivity index (χ0v) is 30.4. The van der Waals surface area contributed by atoms with E-state index in [2.05, 4.69) is 90.2 Å². The highest BCUT2D eigenvalue weighted by molar-refractivity contribution is 7.26. The molecule has 1 unspecified atom stereocenters. The number of rotatable bonds is 7. The van der Waals surface area contributed by atoms with Gasteiger partial charge in [0.15, 0.2) is 23.3 Å². The van der Waals surface area contributed by atoms with Crippen LogP contribution in [0.2, 0.25) is 0 Å². The summed E-state index contributed by atoms with van der Waals surface area (Å²) < 4.78 is 2.36. The highest BCUT2D eigenvalue weighted by atomic mass is 32.1. The van der Waals surface area contributed by atoms with Crippen LogP contribution in [0, 0.1) is 0 Å². The zero-order valence-electron chi connectivity index (χ0n) is 29.5. The summed E-state index contributed by atoms with van der Waals surface area (Å²) in [5, 5.41) is 6.00. The van der Waals surface area contributed by atoms with E-state index in [9.17, 15) is 0 Å². The van der Waals surface area contributed by atoms with Crippen LogP contribution in [0.25, 0.3) is 65.5 Å². The first-order valence-electron chi connectivity index (χ1n) is 18.2. The van der Waals surface area contributed by atoms with Crippen molar-refractivity contribution in [2.24, 2.45) is 9.98 Å². The van der Waals surface area contributed by atoms with Gasteiger partial charge in [0.05, 0.1) is 0 Å². The van der Waals surface area contributed by atoms with E-state index in [1.165, 1.54) is 15.5 Å². The van der Waals surface area contributed by atoms with Crippen molar-refractivity contribution in [2.45, 2.75) is 6.17 Å². The second kappa shape index (κ2) is 14.0. The maximum atomic E-state index is 5.21. The number of fused-ring (bicyclic) bond motifs is 3. The lowest BCUT2D eigenvalue weighted by atomic mass is 9.95. The van der Waals surface area contributed by atoms with Gasteiger partial charge in [0.25, 0.3) is 0 Å². The molecule has 6 nitrogen and oxygen atoms in total. The van der Waals surface area contributed by atoms with Crippen molar-refractivity contribution in [1.29, 1.82) is 0 Å². The fraction of sp³-hybridized carbons (Fsp3) is 0.0208. The molecular formula is C48H32N6S. The first kappa shape index (κ1) is 32.6. The van der Waals surface area contributed by atoms with Crippen LogP contribution < -0.4 is 5.32 Å². The molecule has 260 valence electrons. The number of hydrogen-bond donors (Lipinski definition) is 1. The Morgan fingerprint density at radius 1 is 0.436 bits per heavy atom. The summed E-state index contributed by atoms with van der Waals surface area (Å²) in [5.41, 5.74) is 7.97. The average Bonchev–Trinajstić information content (AvgIpc) is 3.66. The third-order valence-corrected chi connectivity index (χ3v) is 11.0. The Hall–Kier alpha value is -7.09. The summed E-state index contributed by atoms with van der Waals surface area (Å²) in [7, 11) is 0. The van der Waals surface area contributed by atoms with E-state index in [0.717, 1.165) is 55.0 Å². The Bertz CT molecular complexity index is 2810. The summed E-state index contributed by atoms with van der Waals surface area (Å²) in [6.45, 7) is 0. The quantitative estimate of drug-likeness (QED) is 0.178. The third kappa shape index (κ3) is 6.26. The van der Waals surface area contributed by atoms with E-state index in [1.54, 1.807) is 11.3 Å². The van der Waals surface area contributed by atoms with Crippen LogP contribution in [0.15, 0.2) is 192 Å². The van der Waals surface area contributed by atoms with Crippen LogP contribution in [-0.2, 0) is 0 Å². The largest absolute Gasteiger partial charge is 0.344 e. The van der Waals surface area contributed by atoms with Gasteiger partial charge in [-0.1, -0.05) is 176 Å². The number of hydrogen-bond acceptors (Lipinski definition) is 7. The van der Waals surface area contributed by atoms with Gasteiger partial charge in [0, 0.05) is 48.0 Å². The fourth-order valence-corrected chi connectivity index (χ4v) is 8.34. The van der Waals surface area contributed by atoms with E-state index >= 15 is 0 Å². The number of aromatic nitrogens is 3. The highest BCUT2D eigenvalue weighted by Gasteiger charge is 2.23. The van der Waals surface area contributed by atoms with E-state index in [1.807, 2.05) is 97.1 Å². The molecule has 0 radical (unpaired) electrons. The molecule has 0 saturated heterocycles. The maximum absolute atomic E-state index is 5.21. The van der Waals surface area contributed by atoms with E-state index in [-0.39, 0.29) is 6.17 Å². The second-order valence-electron chi connectivity index (χ2n) is 13.3. The van der Waals surface area contributed by atoms with Crippen molar-refractivity contribution in [3.63, 3.8) is 0 Å². The normalized spacial score (nSPS) is 14.0. The molecular weight excluding hydrogens is 693 g/mol. The number of thiophene rings is 1. The summed E-state index contributed by atoms with van der Waals surface area (Å²) in [6.07, 6.45) is -0.271. The molecule has 1 N–H and O–H groups in total. The molecule has 1 aliphatic rings. The lowest BCUT2D eigenvalue weighted by molar-refractivity contribution is 0.674. The van der Waals surface area contributed by atoms with Gasteiger partial charge in [-0.15, -0.1) is 11.3 Å². The minimum absolute atomic E-state index is 0.271. The van der Waals surface area contributed by atoms with Gasteiger partial charge in [-0.05, 0) is 22.8 Å². The van der Waals surface area contributed by atoms with Gasteiger partial charge in [-0.3, -0.25) is 0 Å². The van der Waals surface area contributed by atoms with E-state index in [0.29, 0.717) is 23.3 Å². The smallest absolute Gasteiger partial charge is 0.166 e. The Morgan fingerprint density at radius 3 is 1.64 bits per heavy atom. The summed E-state index contributed by atoms with van der Waals surface area (Å²) >= 11 is 1.77. The number of nitrogens with one attached hydrogen (secondary N) is 1. The van der Waals surface area contributed by atoms with Gasteiger partial charge in [0.2, 0.25) is 0 Å². The van der Waals surface area contributed by atoms with Crippen LogP contribution >= 0.6 is 11.3 Å². The van der Waals surface area contributed by atoms with Crippen LogP contribution in [0.1, 0.15) is 22.9 Å². The topological polar surface area (TPSA) is 75.4 Å². The molecule has 1 aliphatic heterocycles. The molecule has 0 spiro atoms. The predicted octanol–water partition coefficient (Wildman–Crippen LogP) is 11.4. The fourth-order valence-electron chi connectivity index (χ4n) is 7.10. The van der Waals surface area contributed by atoms with Crippen molar-refractivity contribution in [2.75, 3.05) is 0 Å². The van der Waals surface area contributed by atoms with Gasteiger partial charge in [-0.2, -0.15) is 0 Å². The average molecular weight is 725 g/mol. The van der Waals surface area contributed by atoms with Crippen molar-refractivity contribution in [3.05, 3.63) is 199 Å². The Labute approximate surface area is 322 Å². The first-order chi connectivity index (χ1) is 27.2. The number of amidine groups is 2. The predicted molar refractivity (Wildman–Crippen MR) is 226 cm³/mol. The molecule has 2 aromatic heterocycles. The summed E-state index contributed by atoms with van der Waals surface area (Å²) in [4.78, 5) is 25.5. The Balaban J connectivity index is 1.13. The molecule has 0 fully saturated rings. The first-order valence-corrected chi connectivity index (χ1v) is 19.0. The molecule has 3 heterocycles. The minimum Gasteiger partial charge on any atom is -0.344 e. The Kier molecular flexibility index (Phi) is 8.31. The summed E-state index contributed by atoms with van der Waals surface area (Å²) in [6, 6.07) is 62.3. The molecule has 0 amide bonds. The molecule has 10 rings (SSSR count). The van der Waals surface area contributed by atoms with Crippen LogP contribution in [0.5, 0.6) is 0 Å². The molecule has 0 bridgehead atoms.